The molecule has 0 amide bonds. The van der Waals surface area contributed by atoms with E-state index in [4.69, 9.17) is 0 Å². The van der Waals surface area contributed by atoms with Crippen LogP contribution in [0.15, 0.2) is 54.6 Å². The zero-order valence-electron chi connectivity index (χ0n) is 18.2. The van der Waals surface area contributed by atoms with Gasteiger partial charge in [-0.2, -0.15) is 0 Å². The Bertz CT molecular complexity index is 686. The summed E-state index contributed by atoms with van der Waals surface area (Å²) in [5.74, 6) is -1.09. The number of hydrogen-bond donors (Lipinski definition) is 2. The zero-order chi connectivity index (χ0) is 21.3. The molecule has 0 spiro atoms. The lowest BCUT2D eigenvalue weighted by Gasteiger charge is -2.41. The van der Waals surface area contributed by atoms with Gasteiger partial charge in [-0.15, -0.1) is 0 Å². The number of halogens is 2. The van der Waals surface area contributed by atoms with Crippen LogP contribution < -0.4 is 10.6 Å². The highest BCUT2D eigenvalue weighted by Crippen LogP contribution is 2.46. The summed E-state index contributed by atoms with van der Waals surface area (Å²) in [7, 11) is 1.98. The number of fused-ring (bicyclic) bond motifs is 3. The van der Waals surface area contributed by atoms with Crippen molar-refractivity contribution in [3.05, 3.63) is 65.7 Å². The first-order valence-electron chi connectivity index (χ1n) is 10.9. The molecule has 3 atom stereocenters. The minimum atomic E-state index is -2.76. The summed E-state index contributed by atoms with van der Waals surface area (Å²) < 4.78 is 27.2. The molecule has 0 bridgehead atoms. The highest BCUT2D eigenvalue weighted by Gasteiger charge is 2.36. The summed E-state index contributed by atoms with van der Waals surface area (Å²) in [6.07, 6.45) is 3.54. The summed E-state index contributed by atoms with van der Waals surface area (Å²) in [6.45, 7) is 6.98. The van der Waals surface area contributed by atoms with E-state index in [0.29, 0.717) is 17.8 Å². The molecule has 0 radical (unpaired) electrons. The number of benzene rings is 2. The Labute approximate surface area is 175 Å². The fourth-order valence-electron chi connectivity index (χ4n) is 4.35. The molecule has 1 aliphatic carbocycles. The predicted molar refractivity (Wildman–Crippen MR) is 120 cm³/mol. The number of rotatable bonds is 3. The third kappa shape index (κ3) is 6.53. The fourth-order valence-corrected chi connectivity index (χ4v) is 4.35. The van der Waals surface area contributed by atoms with Crippen LogP contribution >= 0.6 is 0 Å². The Morgan fingerprint density at radius 2 is 1.66 bits per heavy atom. The van der Waals surface area contributed by atoms with Gasteiger partial charge in [0.2, 0.25) is 0 Å². The van der Waals surface area contributed by atoms with Gasteiger partial charge in [-0.25, -0.2) is 8.78 Å². The molecule has 4 rings (SSSR count). The monoisotopic (exact) mass is 402 g/mol. The molecule has 1 saturated carbocycles. The van der Waals surface area contributed by atoms with Crippen molar-refractivity contribution in [1.29, 1.82) is 0 Å². The van der Waals surface area contributed by atoms with Crippen LogP contribution in [0.25, 0.3) is 0 Å². The second-order valence-electron chi connectivity index (χ2n) is 7.83. The van der Waals surface area contributed by atoms with Gasteiger partial charge in [-0.3, -0.25) is 0 Å². The van der Waals surface area contributed by atoms with Crippen LogP contribution in [0.3, 0.4) is 0 Å². The van der Waals surface area contributed by atoms with Crippen LogP contribution in [0.5, 0.6) is 0 Å². The Hall–Kier alpha value is -1.94. The molecule has 3 unspecified atom stereocenters. The Balaban J connectivity index is 0.000000317. The molecule has 160 valence electrons. The van der Waals surface area contributed by atoms with Crippen molar-refractivity contribution in [1.82, 2.24) is 5.32 Å². The Kier molecular flexibility index (Phi) is 9.09. The topological polar surface area (TPSA) is 24.1 Å². The van der Waals surface area contributed by atoms with Gasteiger partial charge in [0.1, 0.15) is 0 Å². The van der Waals surface area contributed by atoms with E-state index in [1.54, 1.807) is 12.1 Å². The summed E-state index contributed by atoms with van der Waals surface area (Å²) in [6, 6.07) is 17.1. The normalized spacial score (nSPS) is 22.5. The van der Waals surface area contributed by atoms with E-state index in [2.05, 4.69) is 10.6 Å². The van der Waals surface area contributed by atoms with Crippen LogP contribution in [-0.4, -0.2) is 20.1 Å². The van der Waals surface area contributed by atoms with Crippen molar-refractivity contribution in [3.8, 4) is 0 Å². The predicted octanol–water partition coefficient (Wildman–Crippen LogP) is 6.66. The molecule has 0 aromatic heterocycles. The second kappa shape index (κ2) is 11.3. The van der Waals surface area contributed by atoms with Crippen molar-refractivity contribution in [3.63, 3.8) is 0 Å². The summed E-state index contributed by atoms with van der Waals surface area (Å²) in [4.78, 5) is 0. The Morgan fingerprint density at radius 3 is 2.21 bits per heavy atom. The van der Waals surface area contributed by atoms with Crippen molar-refractivity contribution in [2.75, 3.05) is 25.5 Å². The van der Waals surface area contributed by atoms with Gasteiger partial charge < -0.3 is 10.6 Å². The van der Waals surface area contributed by atoms with E-state index >= 15 is 0 Å². The number of anilines is 1. The summed E-state index contributed by atoms with van der Waals surface area (Å²) in [5, 5.41) is 6.68. The number of alkyl halides is 2. The average Bonchev–Trinajstić information content (AvgIpc) is 2.76. The van der Waals surface area contributed by atoms with Gasteiger partial charge in [-0.1, -0.05) is 56.3 Å². The van der Waals surface area contributed by atoms with Crippen LogP contribution in [0.4, 0.5) is 14.5 Å². The molecule has 2 aromatic rings. The molecule has 4 heteroatoms. The first-order chi connectivity index (χ1) is 14.0. The third-order valence-electron chi connectivity index (χ3n) is 5.77. The van der Waals surface area contributed by atoms with Gasteiger partial charge in [0.25, 0.3) is 5.92 Å². The van der Waals surface area contributed by atoms with Crippen LogP contribution in [0, 0.1) is 11.8 Å². The highest BCUT2D eigenvalue weighted by molar-refractivity contribution is 5.57. The van der Waals surface area contributed by atoms with Gasteiger partial charge >= 0.3 is 0 Å². The third-order valence-corrected chi connectivity index (χ3v) is 5.77. The van der Waals surface area contributed by atoms with Gasteiger partial charge in [0.15, 0.2) is 0 Å². The molecule has 1 heterocycles. The molecular weight excluding hydrogens is 366 g/mol. The van der Waals surface area contributed by atoms with E-state index in [0.717, 1.165) is 37.7 Å². The first-order valence-corrected chi connectivity index (χ1v) is 10.9. The maximum atomic E-state index is 13.6. The summed E-state index contributed by atoms with van der Waals surface area (Å²) in [5.41, 5.74) is 2.29. The number of nitrogens with one attached hydrogen (secondary N) is 2. The molecular formula is C25H36F2N2. The lowest BCUT2D eigenvalue weighted by molar-refractivity contribution is 0.0173. The maximum absolute atomic E-state index is 13.6. The minimum Gasteiger partial charge on any atom is -0.385 e. The molecule has 2 nitrogen and oxygen atoms in total. The molecule has 29 heavy (non-hydrogen) atoms. The Morgan fingerprint density at radius 1 is 1.03 bits per heavy atom. The highest BCUT2D eigenvalue weighted by atomic mass is 19.3. The van der Waals surface area contributed by atoms with Crippen molar-refractivity contribution < 1.29 is 8.78 Å². The standard InChI is InChI=1S/C17H24F2N2.C6H6.C2H6/c1-17(18,19)13-5-6-16-15(8-13)14-7-11(9-20-2)3-4-12(14)10-21-16;1-2-4-6-5-3-1;1-2/h5-6,8,11-12,14,20-21H,3-4,7,9-10H2,1-2H3;1-6H;1-2H3. The van der Waals surface area contributed by atoms with Gasteiger partial charge in [0, 0.05) is 24.7 Å². The van der Waals surface area contributed by atoms with E-state index < -0.39 is 5.92 Å². The van der Waals surface area contributed by atoms with E-state index in [-0.39, 0.29) is 5.56 Å². The van der Waals surface area contributed by atoms with Crippen LogP contribution in [0.2, 0.25) is 0 Å². The largest absolute Gasteiger partial charge is 0.385 e. The maximum Gasteiger partial charge on any atom is 0.270 e. The average molecular weight is 403 g/mol. The molecule has 2 aliphatic rings. The van der Waals surface area contributed by atoms with Gasteiger partial charge in [-0.05, 0) is 68.3 Å². The second-order valence-corrected chi connectivity index (χ2v) is 7.83. The van der Waals surface area contributed by atoms with Crippen LogP contribution in [-0.2, 0) is 5.92 Å². The molecule has 2 N–H and O–H groups in total. The molecule has 1 aliphatic heterocycles. The SMILES string of the molecule is CC.CNCC1CCC2CNc3ccc(C(C)(F)F)cc3C2C1.c1ccccc1. The molecule has 1 fully saturated rings. The fraction of sp³-hybridized carbons (Fsp3) is 0.520. The van der Waals surface area contributed by atoms with E-state index in [9.17, 15) is 8.78 Å². The van der Waals surface area contributed by atoms with Gasteiger partial charge in [0.05, 0.1) is 0 Å². The van der Waals surface area contributed by atoms with Crippen molar-refractivity contribution >= 4 is 5.69 Å². The summed E-state index contributed by atoms with van der Waals surface area (Å²) >= 11 is 0. The number of hydrogen-bond acceptors (Lipinski definition) is 2. The molecule has 0 saturated heterocycles. The smallest absolute Gasteiger partial charge is 0.270 e. The lowest BCUT2D eigenvalue weighted by atomic mass is 9.69. The lowest BCUT2D eigenvalue weighted by Crippen LogP contribution is -2.35. The minimum absolute atomic E-state index is 0.138. The van der Waals surface area contributed by atoms with E-state index in [1.807, 2.05) is 63.4 Å². The van der Waals surface area contributed by atoms with Crippen LogP contribution in [0.1, 0.15) is 57.1 Å². The molecule has 2 aromatic carbocycles. The quantitative estimate of drug-likeness (QED) is 0.600. The van der Waals surface area contributed by atoms with E-state index in [1.165, 1.54) is 12.8 Å². The zero-order valence-corrected chi connectivity index (χ0v) is 18.2. The first kappa shape index (κ1) is 23.3. The van der Waals surface area contributed by atoms with Crippen molar-refractivity contribution in [2.45, 2.75) is 51.9 Å². The van der Waals surface area contributed by atoms with Crippen molar-refractivity contribution in [2.24, 2.45) is 11.8 Å².